The molecule has 0 amide bonds. The summed E-state index contributed by atoms with van der Waals surface area (Å²) in [4.78, 5) is 12.1. The molecule has 0 aromatic heterocycles. The van der Waals surface area contributed by atoms with E-state index in [1.807, 2.05) is 66.7 Å². The largest absolute Gasteiger partial charge is 0.479 e. The highest BCUT2D eigenvalue weighted by Crippen LogP contribution is 2.34. The lowest BCUT2D eigenvalue weighted by Gasteiger charge is -2.35. The second kappa shape index (κ2) is 8.79. The van der Waals surface area contributed by atoms with Crippen LogP contribution in [0.1, 0.15) is 30.4 Å². The van der Waals surface area contributed by atoms with Crippen molar-refractivity contribution in [1.82, 2.24) is 0 Å². The average molecular weight is 352 g/mol. The van der Waals surface area contributed by atoms with Crippen molar-refractivity contribution in [1.29, 1.82) is 0 Å². The van der Waals surface area contributed by atoms with Crippen molar-refractivity contribution >= 4 is 5.97 Å². The Morgan fingerprint density at radius 1 is 0.923 bits per heavy atom. The van der Waals surface area contributed by atoms with E-state index >= 15 is 0 Å². The number of carbonyl (C=O) groups is 1. The summed E-state index contributed by atoms with van der Waals surface area (Å²) in [6, 6.07) is 19.5. The van der Waals surface area contributed by atoms with Crippen LogP contribution < -0.4 is 0 Å². The first-order valence-corrected chi connectivity index (χ1v) is 8.93. The second-order valence-corrected chi connectivity index (χ2v) is 6.51. The van der Waals surface area contributed by atoms with Gasteiger partial charge in [-0.05, 0) is 36.0 Å². The van der Waals surface area contributed by atoms with Crippen LogP contribution in [0.3, 0.4) is 0 Å². The van der Waals surface area contributed by atoms with Gasteiger partial charge in [-0.25, -0.2) is 4.79 Å². The van der Waals surface area contributed by atoms with Crippen molar-refractivity contribution in [2.24, 2.45) is 0 Å². The van der Waals surface area contributed by atoms with Crippen LogP contribution in [0.25, 0.3) is 0 Å². The molecule has 1 aliphatic rings. The van der Waals surface area contributed by atoms with Gasteiger partial charge in [0.1, 0.15) is 0 Å². The van der Waals surface area contributed by atoms with E-state index in [0.717, 1.165) is 24.0 Å². The van der Waals surface area contributed by atoms with Gasteiger partial charge in [0.25, 0.3) is 0 Å². The van der Waals surface area contributed by atoms with Crippen LogP contribution in [0.2, 0.25) is 0 Å². The van der Waals surface area contributed by atoms with Crippen LogP contribution in [-0.2, 0) is 27.5 Å². The molecule has 0 fully saturated rings. The van der Waals surface area contributed by atoms with Crippen LogP contribution in [0.5, 0.6) is 0 Å². The summed E-state index contributed by atoms with van der Waals surface area (Å²) in [5, 5.41) is 9.93. The SMILES string of the molecule is O=C(O)C1(OCc2ccccc2)CCCC=C1COCc1ccccc1. The van der Waals surface area contributed by atoms with Crippen molar-refractivity contribution in [3.63, 3.8) is 0 Å². The number of carboxylic acids is 1. The number of hydrogen-bond donors (Lipinski definition) is 1. The van der Waals surface area contributed by atoms with Gasteiger partial charge in [-0.1, -0.05) is 66.7 Å². The molecular formula is C22H24O4. The van der Waals surface area contributed by atoms with Crippen LogP contribution in [0, 0.1) is 0 Å². The lowest BCUT2D eigenvalue weighted by atomic mass is 9.83. The fourth-order valence-corrected chi connectivity index (χ4v) is 3.23. The number of benzene rings is 2. The third kappa shape index (κ3) is 4.40. The minimum atomic E-state index is -1.30. The van der Waals surface area contributed by atoms with Crippen LogP contribution in [-0.4, -0.2) is 23.3 Å². The zero-order chi connectivity index (χ0) is 18.2. The number of hydrogen-bond acceptors (Lipinski definition) is 3. The predicted octanol–water partition coefficient (Wildman–Crippen LogP) is 4.35. The molecule has 4 heteroatoms. The summed E-state index contributed by atoms with van der Waals surface area (Å²) in [6.45, 7) is 0.978. The van der Waals surface area contributed by atoms with Crippen molar-refractivity contribution < 1.29 is 19.4 Å². The fourth-order valence-electron chi connectivity index (χ4n) is 3.23. The lowest BCUT2D eigenvalue weighted by molar-refractivity contribution is -0.165. The molecular weight excluding hydrogens is 328 g/mol. The van der Waals surface area contributed by atoms with Crippen LogP contribution in [0.4, 0.5) is 0 Å². The summed E-state index contributed by atoms with van der Waals surface area (Å²) in [6.07, 6.45) is 4.08. The fraction of sp³-hybridized carbons (Fsp3) is 0.318. The third-order valence-corrected chi connectivity index (χ3v) is 4.69. The van der Waals surface area contributed by atoms with Crippen LogP contribution in [0.15, 0.2) is 72.3 Å². The van der Waals surface area contributed by atoms with Gasteiger partial charge in [0.2, 0.25) is 0 Å². The zero-order valence-electron chi connectivity index (χ0n) is 14.8. The van der Waals surface area contributed by atoms with E-state index in [0.29, 0.717) is 18.6 Å². The van der Waals surface area contributed by atoms with Crippen molar-refractivity contribution in [2.75, 3.05) is 6.61 Å². The highest BCUT2D eigenvalue weighted by atomic mass is 16.5. The van der Waals surface area contributed by atoms with E-state index in [-0.39, 0.29) is 13.2 Å². The minimum absolute atomic E-state index is 0.260. The number of carboxylic acid groups (broad SMARTS) is 1. The lowest BCUT2D eigenvalue weighted by Crippen LogP contribution is -2.46. The summed E-state index contributed by atoms with van der Waals surface area (Å²) >= 11 is 0. The van der Waals surface area contributed by atoms with Gasteiger partial charge < -0.3 is 14.6 Å². The summed E-state index contributed by atoms with van der Waals surface area (Å²) < 4.78 is 11.8. The highest BCUT2D eigenvalue weighted by Gasteiger charge is 2.44. The minimum Gasteiger partial charge on any atom is -0.479 e. The molecule has 0 heterocycles. The number of ether oxygens (including phenoxy) is 2. The average Bonchev–Trinajstić information content (AvgIpc) is 2.69. The highest BCUT2D eigenvalue weighted by molar-refractivity contribution is 5.82. The molecule has 26 heavy (non-hydrogen) atoms. The van der Waals surface area contributed by atoms with Gasteiger partial charge in [0, 0.05) is 0 Å². The van der Waals surface area contributed by atoms with Crippen LogP contribution >= 0.6 is 0 Å². The van der Waals surface area contributed by atoms with E-state index in [9.17, 15) is 9.90 Å². The summed E-state index contributed by atoms with van der Waals surface area (Å²) in [5.74, 6) is -0.942. The first-order valence-electron chi connectivity index (χ1n) is 8.93. The molecule has 0 saturated heterocycles. The normalized spacial score (nSPS) is 19.8. The molecule has 0 bridgehead atoms. The summed E-state index contributed by atoms with van der Waals surface area (Å²) in [5.41, 5.74) is 1.44. The Labute approximate surface area is 154 Å². The molecule has 0 saturated carbocycles. The second-order valence-electron chi connectivity index (χ2n) is 6.51. The molecule has 1 aliphatic carbocycles. The van der Waals surface area contributed by atoms with E-state index in [1.54, 1.807) is 0 Å². The topological polar surface area (TPSA) is 55.8 Å². The Bertz CT molecular complexity index is 739. The quantitative estimate of drug-likeness (QED) is 0.718. The Morgan fingerprint density at radius 2 is 1.54 bits per heavy atom. The molecule has 0 spiro atoms. The standard InChI is InChI=1S/C22H24O4/c23-21(24)22(26-16-19-11-5-2-6-12-19)14-8-7-13-20(22)17-25-15-18-9-3-1-4-10-18/h1-6,9-13H,7-8,14-17H2,(H,23,24). The molecule has 2 aromatic rings. The Hall–Kier alpha value is -2.43. The maximum Gasteiger partial charge on any atom is 0.340 e. The first kappa shape index (κ1) is 18.4. The maximum atomic E-state index is 12.1. The van der Waals surface area contributed by atoms with E-state index < -0.39 is 11.6 Å². The smallest absolute Gasteiger partial charge is 0.340 e. The Kier molecular flexibility index (Phi) is 6.21. The summed E-state index contributed by atoms with van der Waals surface area (Å²) in [7, 11) is 0. The molecule has 0 aliphatic heterocycles. The van der Waals surface area contributed by atoms with Crippen molar-refractivity contribution in [3.05, 3.63) is 83.4 Å². The van der Waals surface area contributed by atoms with Gasteiger partial charge >= 0.3 is 5.97 Å². The molecule has 0 radical (unpaired) electrons. The Morgan fingerprint density at radius 3 is 2.15 bits per heavy atom. The first-order chi connectivity index (χ1) is 12.7. The molecule has 1 atom stereocenters. The predicted molar refractivity (Wildman–Crippen MR) is 99.6 cm³/mol. The maximum absolute atomic E-state index is 12.1. The monoisotopic (exact) mass is 352 g/mol. The van der Waals surface area contributed by atoms with Gasteiger partial charge in [-0.3, -0.25) is 0 Å². The van der Waals surface area contributed by atoms with Gasteiger partial charge in [-0.2, -0.15) is 0 Å². The molecule has 1 unspecified atom stereocenters. The van der Waals surface area contributed by atoms with E-state index in [2.05, 4.69) is 0 Å². The molecule has 136 valence electrons. The van der Waals surface area contributed by atoms with Crippen molar-refractivity contribution in [2.45, 2.75) is 38.1 Å². The van der Waals surface area contributed by atoms with Gasteiger partial charge in [0.05, 0.1) is 19.8 Å². The molecule has 4 nitrogen and oxygen atoms in total. The Balaban J connectivity index is 1.68. The number of aliphatic carboxylic acids is 1. The molecule has 3 rings (SSSR count). The van der Waals surface area contributed by atoms with E-state index in [1.165, 1.54) is 0 Å². The third-order valence-electron chi connectivity index (χ3n) is 4.69. The van der Waals surface area contributed by atoms with E-state index in [4.69, 9.17) is 9.47 Å². The molecule has 2 aromatic carbocycles. The zero-order valence-corrected chi connectivity index (χ0v) is 14.8. The number of allylic oxidation sites excluding steroid dienone is 1. The van der Waals surface area contributed by atoms with Gasteiger partial charge in [-0.15, -0.1) is 0 Å². The van der Waals surface area contributed by atoms with Gasteiger partial charge in [0.15, 0.2) is 5.60 Å². The molecule has 1 N–H and O–H groups in total. The number of rotatable bonds is 8. The van der Waals surface area contributed by atoms with Crippen molar-refractivity contribution in [3.8, 4) is 0 Å².